The van der Waals surface area contributed by atoms with Crippen LogP contribution >= 0.6 is 11.3 Å². The molecule has 2 heterocycles. The van der Waals surface area contributed by atoms with Crippen molar-refractivity contribution in [1.29, 1.82) is 0 Å². The number of nitrogens with zero attached hydrogens (tertiary/aromatic N) is 1. The van der Waals surface area contributed by atoms with E-state index in [1.54, 1.807) is 16.2 Å². The molecule has 3 nitrogen and oxygen atoms in total. The summed E-state index contributed by atoms with van der Waals surface area (Å²) in [6, 6.07) is 2.22. The standard InChI is InChI=1S/C12H17NO2S/c1-7-4-11(9(3)16-7)8(2)13-6-10(14)5-12(13)15/h4,8,10,14H,5-6H2,1-3H3. The third kappa shape index (κ3) is 1.99. The molecule has 1 amide bonds. The van der Waals surface area contributed by atoms with E-state index >= 15 is 0 Å². The van der Waals surface area contributed by atoms with Crippen molar-refractivity contribution in [3.05, 3.63) is 21.4 Å². The van der Waals surface area contributed by atoms with Crippen LogP contribution in [0.15, 0.2) is 6.07 Å². The van der Waals surface area contributed by atoms with Crippen LogP contribution in [0.2, 0.25) is 0 Å². The molecule has 1 fully saturated rings. The minimum atomic E-state index is -0.491. The number of hydrogen-bond donors (Lipinski definition) is 1. The van der Waals surface area contributed by atoms with Gasteiger partial charge in [-0.15, -0.1) is 11.3 Å². The van der Waals surface area contributed by atoms with Crippen LogP contribution in [0.5, 0.6) is 0 Å². The fourth-order valence-electron chi connectivity index (χ4n) is 2.32. The Morgan fingerprint density at radius 3 is 2.69 bits per heavy atom. The lowest BCUT2D eigenvalue weighted by Gasteiger charge is -2.24. The predicted molar refractivity (Wildman–Crippen MR) is 64.5 cm³/mol. The van der Waals surface area contributed by atoms with Crippen molar-refractivity contribution in [2.75, 3.05) is 6.54 Å². The van der Waals surface area contributed by atoms with Gasteiger partial charge in [0.05, 0.1) is 18.6 Å². The van der Waals surface area contributed by atoms with Gasteiger partial charge in [-0.25, -0.2) is 0 Å². The number of aliphatic hydroxyl groups excluding tert-OH is 1. The highest BCUT2D eigenvalue weighted by atomic mass is 32.1. The summed E-state index contributed by atoms with van der Waals surface area (Å²) >= 11 is 1.76. The van der Waals surface area contributed by atoms with E-state index in [-0.39, 0.29) is 18.4 Å². The average molecular weight is 239 g/mol. The minimum absolute atomic E-state index is 0.0586. The molecule has 2 unspecified atom stereocenters. The van der Waals surface area contributed by atoms with Crippen molar-refractivity contribution in [2.45, 2.75) is 39.3 Å². The van der Waals surface area contributed by atoms with Gasteiger partial charge in [0.15, 0.2) is 0 Å². The maximum atomic E-state index is 11.7. The number of likely N-dealkylation sites (tertiary alicyclic amines) is 1. The van der Waals surface area contributed by atoms with E-state index in [0.717, 1.165) is 0 Å². The van der Waals surface area contributed by atoms with Gasteiger partial charge in [0.25, 0.3) is 0 Å². The van der Waals surface area contributed by atoms with E-state index in [4.69, 9.17) is 0 Å². The van der Waals surface area contributed by atoms with Crippen LogP contribution in [0.25, 0.3) is 0 Å². The first-order valence-corrected chi connectivity index (χ1v) is 6.35. The Balaban J connectivity index is 2.22. The van der Waals surface area contributed by atoms with Crippen LogP contribution in [0.3, 0.4) is 0 Å². The average Bonchev–Trinajstić information content (AvgIpc) is 2.68. The molecule has 4 heteroatoms. The van der Waals surface area contributed by atoms with Gasteiger partial charge in [0, 0.05) is 16.3 Å². The van der Waals surface area contributed by atoms with Gasteiger partial charge in [-0.3, -0.25) is 4.79 Å². The first-order chi connectivity index (χ1) is 7.49. The fourth-order valence-corrected chi connectivity index (χ4v) is 3.34. The molecule has 1 N–H and O–H groups in total. The van der Waals surface area contributed by atoms with Crippen LogP contribution in [0, 0.1) is 13.8 Å². The highest BCUT2D eigenvalue weighted by Gasteiger charge is 2.32. The highest BCUT2D eigenvalue weighted by Crippen LogP contribution is 2.32. The summed E-state index contributed by atoms with van der Waals surface area (Å²) in [5.74, 6) is 0.0586. The zero-order valence-electron chi connectivity index (χ0n) is 9.86. The molecule has 1 aliphatic rings. The van der Waals surface area contributed by atoms with Gasteiger partial charge in [-0.05, 0) is 32.4 Å². The number of hydrogen-bond acceptors (Lipinski definition) is 3. The number of β-amino-alcohol motifs (C(OH)–C–C–N with tert-alkyl or cyclic N) is 1. The predicted octanol–water partition coefficient (Wildman–Crippen LogP) is 2.02. The molecular weight excluding hydrogens is 222 g/mol. The van der Waals surface area contributed by atoms with Gasteiger partial charge in [0.2, 0.25) is 5.91 Å². The Morgan fingerprint density at radius 1 is 1.56 bits per heavy atom. The number of amides is 1. The number of thiophene rings is 1. The molecule has 0 bridgehead atoms. The lowest BCUT2D eigenvalue weighted by Crippen LogP contribution is -2.29. The third-order valence-electron chi connectivity index (χ3n) is 3.14. The second-order valence-electron chi connectivity index (χ2n) is 4.45. The van der Waals surface area contributed by atoms with E-state index in [0.29, 0.717) is 6.54 Å². The Bertz CT molecular complexity index is 413. The van der Waals surface area contributed by atoms with Crippen LogP contribution in [0.4, 0.5) is 0 Å². The summed E-state index contributed by atoms with van der Waals surface area (Å²) in [4.78, 5) is 16.0. The molecular formula is C12H17NO2S. The molecule has 1 aromatic rings. The molecule has 0 aliphatic carbocycles. The summed E-state index contributed by atoms with van der Waals surface area (Å²) in [7, 11) is 0. The molecule has 16 heavy (non-hydrogen) atoms. The molecule has 2 atom stereocenters. The molecule has 1 aliphatic heterocycles. The topological polar surface area (TPSA) is 40.5 Å². The first kappa shape index (κ1) is 11.6. The van der Waals surface area contributed by atoms with Crippen molar-refractivity contribution in [3.63, 3.8) is 0 Å². The van der Waals surface area contributed by atoms with Crippen molar-refractivity contribution in [2.24, 2.45) is 0 Å². The van der Waals surface area contributed by atoms with Gasteiger partial charge in [-0.1, -0.05) is 0 Å². The normalized spacial score (nSPS) is 22.9. The van der Waals surface area contributed by atoms with Crippen LogP contribution < -0.4 is 0 Å². The van der Waals surface area contributed by atoms with Crippen LogP contribution in [0.1, 0.15) is 34.7 Å². The van der Waals surface area contributed by atoms with Crippen LogP contribution in [-0.2, 0) is 4.79 Å². The number of aliphatic hydroxyl groups is 1. The quantitative estimate of drug-likeness (QED) is 0.857. The van der Waals surface area contributed by atoms with E-state index in [2.05, 4.69) is 19.9 Å². The number of aryl methyl sites for hydroxylation is 2. The summed E-state index contributed by atoms with van der Waals surface area (Å²) in [6.07, 6.45) is -0.220. The zero-order valence-corrected chi connectivity index (χ0v) is 10.7. The Hall–Kier alpha value is -0.870. The second kappa shape index (κ2) is 4.18. The summed E-state index contributed by atoms with van der Waals surface area (Å²) in [6.45, 7) is 6.66. The minimum Gasteiger partial charge on any atom is -0.391 e. The molecule has 0 saturated carbocycles. The van der Waals surface area contributed by atoms with Crippen molar-refractivity contribution < 1.29 is 9.90 Å². The second-order valence-corrected chi connectivity index (χ2v) is 5.91. The molecule has 0 spiro atoms. The fraction of sp³-hybridized carbons (Fsp3) is 0.583. The van der Waals surface area contributed by atoms with Crippen molar-refractivity contribution in [1.82, 2.24) is 4.90 Å². The summed E-state index contributed by atoms with van der Waals surface area (Å²) in [5.41, 5.74) is 1.21. The highest BCUT2D eigenvalue weighted by molar-refractivity contribution is 7.12. The van der Waals surface area contributed by atoms with E-state index < -0.39 is 6.10 Å². The summed E-state index contributed by atoms with van der Waals surface area (Å²) < 4.78 is 0. The van der Waals surface area contributed by atoms with Crippen molar-refractivity contribution in [3.8, 4) is 0 Å². The smallest absolute Gasteiger partial charge is 0.225 e. The van der Waals surface area contributed by atoms with Gasteiger partial charge < -0.3 is 10.0 Å². The maximum Gasteiger partial charge on any atom is 0.225 e. The Morgan fingerprint density at radius 2 is 2.25 bits per heavy atom. The SMILES string of the molecule is Cc1cc(C(C)N2CC(O)CC2=O)c(C)s1. The summed E-state index contributed by atoms with van der Waals surface area (Å²) in [5, 5.41) is 9.48. The maximum absolute atomic E-state index is 11.7. The lowest BCUT2D eigenvalue weighted by molar-refractivity contribution is -0.129. The molecule has 0 radical (unpaired) electrons. The molecule has 88 valence electrons. The third-order valence-corrected chi connectivity index (χ3v) is 4.12. The van der Waals surface area contributed by atoms with E-state index in [9.17, 15) is 9.90 Å². The first-order valence-electron chi connectivity index (χ1n) is 5.53. The lowest BCUT2D eigenvalue weighted by atomic mass is 10.1. The van der Waals surface area contributed by atoms with Crippen LogP contribution in [-0.4, -0.2) is 28.6 Å². The molecule has 0 aromatic carbocycles. The number of carbonyl (C=O) groups excluding carboxylic acids is 1. The van der Waals surface area contributed by atoms with E-state index in [1.807, 2.05) is 6.92 Å². The Labute approximate surface area is 99.7 Å². The number of rotatable bonds is 2. The zero-order chi connectivity index (χ0) is 11.9. The monoisotopic (exact) mass is 239 g/mol. The van der Waals surface area contributed by atoms with Crippen molar-refractivity contribution >= 4 is 17.2 Å². The Kier molecular flexibility index (Phi) is 3.04. The van der Waals surface area contributed by atoms with E-state index in [1.165, 1.54) is 15.3 Å². The number of carbonyl (C=O) groups is 1. The molecule has 2 rings (SSSR count). The van der Waals surface area contributed by atoms with Gasteiger partial charge in [0.1, 0.15) is 0 Å². The molecule has 1 saturated heterocycles. The van der Waals surface area contributed by atoms with Gasteiger partial charge >= 0.3 is 0 Å². The van der Waals surface area contributed by atoms with Gasteiger partial charge in [-0.2, -0.15) is 0 Å². The largest absolute Gasteiger partial charge is 0.391 e. The molecule has 1 aromatic heterocycles.